The number of hydrogen-bond acceptors (Lipinski definition) is 5. The van der Waals surface area contributed by atoms with Crippen molar-refractivity contribution in [2.45, 2.75) is 6.92 Å². The Morgan fingerprint density at radius 2 is 1.77 bits per heavy atom. The van der Waals surface area contributed by atoms with Gasteiger partial charge in [0.15, 0.2) is 5.76 Å². The largest absolute Gasteiger partial charge is 0.459 e. The minimum Gasteiger partial charge on any atom is -0.459 e. The topological polar surface area (TPSA) is 62.5 Å². The first-order chi connectivity index (χ1) is 12.7. The molecule has 0 atom stereocenters. The zero-order valence-corrected chi connectivity index (χ0v) is 14.6. The number of anilines is 1. The van der Waals surface area contributed by atoms with E-state index in [1.807, 2.05) is 48.2 Å². The van der Waals surface area contributed by atoms with Crippen molar-refractivity contribution in [3.8, 4) is 11.3 Å². The summed E-state index contributed by atoms with van der Waals surface area (Å²) in [5.74, 6) is 1.98. The van der Waals surface area contributed by atoms with Crippen LogP contribution in [0.1, 0.15) is 16.4 Å². The fraction of sp³-hybridized carbons (Fsp3) is 0.250. The van der Waals surface area contributed by atoms with Crippen LogP contribution in [-0.4, -0.2) is 47.0 Å². The van der Waals surface area contributed by atoms with Crippen LogP contribution in [0.5, 0.6) is 0 Å². The zero-order chi connectivity index (χ0) is 17.9. The van der Waals surface area contributed by atoms with Crippen LogP contribution in [0.2, 0.25) is 0 Å². The molecule has 0 spiro atoms. The van der Waals surface area contributed by atoms with Crippen LogP contribution in [0.15, 0.2) is 59.2 Å². The van der Waals surface area contributed by atoms with E-state index in [0.717, 1.165) is 36.0 Å². The summed E-state index contributed by atoms with van der Waals surface area (Å²) in [6, 6.07) is 15.6. The van der Waals surface area contributed by atoms with Crippen molar-refractivity contribution in [2.24, 2.45) is 0 Å². The molecule has 0 N–H and O–H groups in total. The van der Waals surface area contributed by atoms with E-state index in [1.54, 1.807) is 12.1 Å². The number of carbonyl (C=O) groups excluding carboxylic acids is 1. The van der Waals surface area contributed by atoms with Gasteiger partial charge in [-0.15, -0.1) is 0 Å². The predicted octanol–water partition coefficient (Wildman–Crippen LogP) is 3.01. The Bertz CT molecular complexity index is 885. The van der Waals surface area contributed by atoms with Crippen LogP contribution in [0.4, 0.5) is 5.82 Å². The number of benzene rings is 1. The number of nitrogens with zero attached hydrogens (tertiary/aromatic N) is 4. The third-order valence-electron chi connectivity index (χ3n) is 4.52. The Kier molecular flexibility index (Phi) is 4.39. The molecular weight excluding hydrogens is 328 g/mol. The van der Waals surface area contributed by atoms with Gasteiger partial charge in [-0.1, -0.05) is 30.3 Å². The molecule has 6 nitrogen and oxygen atoms in total. The lowest BCUT2D eigenvalue weighted by atomic mass is 10.1. The molecule has 1 aromatic carbocycles. The number of carbonyl (C=O) groups is 1. The molecule has 0 unspecified atom stereocenters. The lowest BCUT2D eigenvalue weighted by molar-refractivity contribution is 0.0714. The van der Waals surface area contributed by atoms with Crippen molar-refractivity contribution in [1.82, 2.24) is 14.9 Å². The third-order valence-corrected chi connectivity index (χ3v) is 4.52. The van der Waals surface area contributed by atoms with Crippen LogP contribution >= 0.6 is 0 Å². The highest BCUT2D eigenvalue weighted by Crippen LogP contribution is 2.23. The molecule has 1 fully saturated rings. The zero-order valence-electron chi connectivity index (χ0n) is 14.6. The Balaban J connectivity index is 1.49. The maximum Gasteiger partial charge on any atom is 0.289 e. The molecule has 1 aliphatic heterocycles. The summed E-state index contributed by atoms with van der Waals surface area (Å²) in [5, 5.41) is 0. The Labute approximate surface area is 152 Å². The fourth-order valence-electron chi connectivity index (χ4n) is 3.17. The molecule has 0 radical (unpaired) electrons. The van der Waals surface area contributed by atoms with Crippen molar-refractivity contribution < 1.29 is 9.21 Å². The number of aryl methyl sites for hydroxylation is 1. The van der Waals surface area contributed by atoms with Gasteiger partial charge < -0.3 is 14.2 Å². The number of aromatic nitrogens is 2. The second kappa shape index (κ2) is 7.00. The van der Waals surface area contributed by atoms with Gasteiger partial charge in [-0.05, 0) is 19.1 Å². The van der Waals surface area contributed by atoms with E-state index in [4.69, 9.17) is 4.42 Å². The van der Waals surface area contributed by atoms with Gasteiger partial charge in [-0.3, -0.25) is 4.79 Å². The van der Waals surface area contributed by atoms with Crippen LogP contribution in [-0.2, 0) is 0 Å². The second-order valence-electron chi connectivity index (χ2n) is 6.28. The highest BCUT2D eigenvalue weighted by Gasteiger charge is 2.24. The third kappa shape index (κ3) is 3.31. The second-order valence-corrected chi connectivity index (χ2v) is 6.28. The number of piperazine rings is 1. The van der Waals surface area contributed by atoms with Gasteiger partial charge in [0.2, 0.25) is 0 Å². The van der Waals surface area contributed by atoms with Crippen LogP contribution in [0.3, 0.4) is 0 Å². The van der Waals surface area contributed by atoms with Gasteiger partial charge in [-0.2, -0.15) is 0 Å². The SMILES string of the molecule is Cc1nc(-c2ccccc2)cc(N2CCN(C(=O)c3ccco3)CC2)n1. The standard InChI is InChI=1S/C20H20N4O2/c1-15-21-17(16-6-3-2-4-7-16)14-19(22-15)23-9-11-24(12-10-23)20(25)18-8-5-13-26-18/h2-8,13-14H,9-12H2,1H3. The number of rotatable bonds is 3. The van der Waals surface area contributed by atoms with Crippen LogP contribution in [0, 0.1) is 6.92 Å². The molecule has 0 saturated carbocycles. The molecule has 3 heterocycles. The summed E-state index contributed by atoms with van der Waals surface area (Å²) in [4.78, 5) is 25.6. The molecule has 1 saturated heterocycles. The van der Waals surface area contributed by atoms with Gasteiger partial charge >= 0.3 is 0 Å². The highest BCUT2D eigenvalue weighted by atomic mass is 16.3. The Morgan fingerprint density at radius 3 is 2.46 bits per heavy atom. The van der Waals surface area contributed by atoms with E-state index in [1.165, 1.54) is 6.26 Å². The average molecular weight is 348 g/mol. The molecule has 3 aromatic rings. The van der Waals surface area contributed by atoms with Crippen LogP contribution in [0.25, 0.3) is 11.3 Å². The van der Waals surface area contributed by atoms with E-state index in [-0.39, 0.29) is 5.91 Å². The van der Waals surface area contributed by atoms with Crippen molar-refractivity contribution in [2.75, 3.05) is 31.1 Å². The predicted molar refractivity (Wildman–Crippen MR) is 99.0 cm³/mol. The molecule has 132 valence electrons. The average Bonchev–Trinajstić information content (AvgIpc) is 3.22. The first-order valence-electron chi connectivity index (χ1n) is 8.69. The Morgan fingerprint density at radius 1 is 1.00 bits per heavy atom. The lowest BCUT2D eigenvalue weighted by Gasteiger charge is -2.35. The van der Waals surface area contributed by atoms with Gasteiger partial charge in [0.05, 0.1) is 12.0 Å². The molecule has 0 aliphatic carbocycles. The summed E-state index contributed by atoms with van der Waals surface area (Å²) in [7, 11) is 0. The van der Waals surface area contributed by atoms with Crippen LogP contribution < -0.4 is 4.90 Å². The van der Waals surface area contributed by atoms with E-state index < -0.39 is 0 Å². The summed E-state index contributed by atoms with van der Waals surface area (Å²) >= 11 is 0. The smallest absolute Gasteiger partial charge is 0.289 e. The minimum absolute atomic E-state index is 0.0570. The molecule has 1 aliphatic rings. The first kappa shape index (κ1) is 16.3. The monoisotopic (exact) mass is 348 g/mol. The van der Waals surface area contributed by atoms with Crippen molar-refractivity contribution in [3.63, 3.8) is 0 Å². The minimum atomic E-state index is -0.0570. The molecule has 2 aromatic heterocycles. The van der Waals surface area contributed by atoms with E-state index >= 15 is 0 Å². The highest BCUT2D eigenvalue weighted by molar-refractivity contribution is 5.91. The summed E-state index contributed by atoms with van der Waals surface area (Å²) < 4.78 is 5.22. The number of amides is 1. The fourth-order valence-corrected chi connectivity index (χ4v) is 3.17. The van der Waals surface area contributed by atoms with Crippen molar-refractivity contribution in [1.29, 1.82) is 0 Å². The van der Waals surface area contributed by atoms with E-state index in [9.17, 15) is 4.79 Å². The van der Waals surface area contributed by atoms with Gasteiger partial charge in [0.25, 0.3) is 5.91 Å². The van der Waals surface area contributed by atoms with Crippen molar-refractivity contribution in [3.05, 3.63) is 66.4 Å². The molecular formula is C20H20N4O2. The van der Waals surface area contributed by atoms with E-state index in [2.05, 4.69) is 14.9 Å². The quantitative estimate of drug-likeness (QED) is 0.728. The number of furan rings is 1. The molecule has 0 bridgehead atoms. The van der Waals surface area contributed by atoms with Gasteiger partial charge in [0.1, 0.15) is 11.6 Å². The molecule has 26 heavy (non-hydrogen) atoms. The Hall–Kier alpha value is -3.15. The first-order valence-corrected chi connectivity index (χ1v) is 8.69. The maximum atomic E-state index is 12.4. The molecule has 1 amide bonds. The molecule has 4 rings (SSSR count). The van der Waals surface area contributed by atoms with Crippen molar-refractivity contribution >= 4 is 11.7 Å². The summed E-state index contributed by atoms with van der Waals surface area (Å²) in [6.07, 6.45) is 1.53. The van der Waals surface area contributed by atoms with Gasteiger partial charge in [0, 0.05) is 37.8 Å². The summed E-state index contributed by atoms with van der Waals surface area (Å²) in [6.45, 7) is 4.66. The summed E-state index contributed by atoms with van der Waals surface area (Å²) in [5.41, 5.74) is 1.99. The lowest BCUT2D eigenvalue weighted by Crippen LogP contribution is -2.49. The number of hydrogen-bond donors (Lipinski definition) is 0. The van der Waals surface area contributed by atoms with E-state index in [0.29, 0.717) is 18.8 Å². The molecule has 6 heteroatoms. The van der Waals surface area contributed by atoms with Gasteiger partial charge in [-0.25, -0.2) is 9.97 Å². The maximum absolute atomic E-state index is 12.4. The normalized spacial score (nSPS) is 14.5.